The first-order chi connectivity index (χ1) is 10.6. The SMILES string of the molecule is CN=C(NCC1(C)COC1)N(C)Cc1ccc2c(c1)OCO2. The van der Waals surface area contributed by atoms with Gasteiger partial charge in [0.25, 0.3) is 0 Å². The summed E-state index contributed by atoms with van der Waals surface area (Å²) >= 11 is 0. The van der Waals surface area contributed by atoms with Crippen molar-refractivity contribution < 1.29 is 14.2 Å². The summed E-state index contributed by atoms with van der Waals surface area (Å²) in [4.78, 5) is 6.45. The van der Waals surface area contributed by atoms with E-state index in [0.717, 1.165) is 49.3 Å². The fourth-order valence-corrected chi connectivity index (χ4v) is 2.62. The lowest BCUT2D eigenvalue weighted by molar-refractivity contribution is -0.0972. The summed E-state index contributed by atoms with van der Waals surface area (Å²) in [5, 5.41) is 3.42. The topological polar surface area (TPSA) is 55.3 Å². The van der Waals surface area contributed by atoms with E-state index in [1.807, 2.05) is 19.2 Å². The number of nitrogens with zero attached hydrogens (tertiary/aromatic N) is 2. The van der Waals surface area contributed by atoms with Gasteiger partial charge in [0.1, 0.15) is 0 Å². The van der Waals surface area contributed by atoms with Crippen LogP contribution in [0.2, 0.25) is 0 Å². The van der Waals surface area contributed by atoms with Gasteiger partial charge in [0.05, 0.1) is 13.2 Å². The largest absolute Gasteiger partial charge is 0.454 e. The van der Waals surface area contributed by atoms with E-state index in [4.69, 9.17) is 14.2 Å². The zero-order valence-corrected chi connectivity index (χ0v) is 13.4. The maximum Gasteiger partial charge on any atom is 0.231 e. The van der Waals surface area contributed by atoms with Crippen LogP contribution in [0, 0.1) is 5.41 Å². The van der Waals surface area contributed by atoms with Gasteiger partial charge in [0, 0.05) is 32.6 Å². The minimum absolute atomic E-state index is 0.218. The highest BCUT2D eigenvalue weighted by molar-refractivity contribution is 5.79. The highest BCUT2D eigenvalue weighted by Crippen LogP contribution is 2.32. The molecule has 1 N–H and O–H groups in total. The van der Waals surface area contributed by atoms with Gasteiger partial charge in [-0.15, -0.1) is 0 Å². The molecule has 1 aromatic carbocycles. The molecule has 0 amide bonds. The number of ether oxygens (including phenoxy) is 3. The smallest absolute Gasteiger partial charge is 0.231 e. The van der Waals surface area contributed by atoms with E-state index in [-0.39, 0.29) is 5.41 Å². The molecule has 3 rings (SSSR count). The molecule has 1 fully saturated rings. The minimum Gasteiger partial charge on any atom is -0.454 e. The molecule has 6 nitrogen and oxygen atoms in total. The Hall–Kier alpha value is -1.95. The zero-order chi connectivity index (χ0) is 15.6. The van der Waals surface area contributed by atoms with E-state index in [1.165, 1.54) is 0 Å². The lowest BCUT2D eigenvalue weighted by Gasteiger charge is -2.39. The molecule has 2 heterocycles. The van der Waals surface area contributed by atoms with Crippen molar-refractivity contribution in [2.24, 2.45) is 10.4 Å². The Balaban J connectivity index is 1.58. The van der Waals surface area contributed by atoms with E-state index >= 15 is 0 Å². The van der Waals surface area contributed by atoms with Crippen LogP contribution in [-0.2, 0) is 11.3 Å². The van der Waals surface area contributed by atoms with Gasteiger partial charge in [-0.05, 0) is 17.7 Å². The molecule has 1 saturated heterocycles. The first-order valence-electron chi connectivity index (χ1n) is 7.48. The Kier molecular flexibility index (Phi) is 4.11. The normalized spacial score (nSPS) is 18.8. The van der Waals surface area contributed by atoms with E-state index in [1.54, 1.807) is 7.05 Å². The van der Waals surface area contributed by atoms with Gasteiger partial charge >= 0.3 is 0 Å². The van der Waals surface area contributed by atoms with E-state index in [0.29, 0.717) is 6.79 Å². The van der Waals surface area contributed by atoms with Gasteiger partial charge in [0.15, 0.2) is 17.5 Å². The molecule has 0 radical (unpaired) electrons. The standard InChI is InChI=1S/C16H23N3O3/c1-16(9-20-10-16)8-18-15(17-2)19(3)7-12-4-5-13-14(6-12)22-11-21-13/h4-6H,7-11H2,1-3H3,(H,17,18). The third-order valence-corrected chi connectivity index (χ3v) is 4.00. The third-order valence-electron chi connectivity index (χ3n) is 4.00. The van der Waals surface area contributed by atoms with Gasteiger partial charge in [-0.25, -0.2) is 0 Å². The van der Waals surface area contributed by atoms with Crippen LogP contribution in [0.25, 0.3) is 0 Å². The molecule has 120 valence electrons. The van der Waals surface area contributed by atoms with Crippen molar-refractivity contribution in [3.63, 3.8) is 0 Å². The fraction of sp³-hybridized carbons (Fsp3) is 0.562. The Bertz CT molecular complexity index is 570. The molecule has 0 aromatic heterocycles. The minimum atomic E-state index is 0.218. The van der Waals surface area contributed by atoms with Crippen LogP contribution in [0.5, 0.6) is 11.5 Å². The predicted molar refractivity (Wildman–Crippen MR) is 84.3 cm³/mol. The number of nitrogens with one attached hydrogen (secondary N) is 1. The van der Waals surface area contributed by atoms with Crippen LogP contribution in [0.3, 0.4) is 0 Å². The van der Waals surface area contributed by atoms with Crippen LogP contribution >= 0.6 is 0 Å². The van der Waals surface area contributed by atoms with Gasteiger partial charge in [-0.1, -0.05) is 13.0 Å². The van der Waals surface area contributed by atoms with Crippen LogP contribution < -0.4 is 14.8 Å². The van der Waals surface area contributed by atoms with Crippen molar-refractivity contribution in [1.29, 1.82) is 0 Å². The first-order valence-corrected chi connectivity index (χ1v) is 7.48. The lowest BCUT2D eigenvalue weighted by atomic mass is 9.89. The quantitative estimate of drug-likeness (QED) is 0.674. The number of hydrogen-bond donors (Lipinski definition) is 1. The highest BCUT2D eigenvalue weighted by Gasteiger charge is 2.33. The number of rotatable bonds is 4. The van der Waals surface area contributed by atoms with Crippen molar-refractivity contribution in [2.45, 2.75) is 13.5 Å². The van der Waals surface area contributed by atoms with Crippen LogP contribution in [0.1, 0.15) is 12.5 Å². The summed E-state index contributed by atoms with van der Waals surface area (Å²) in [6, 6.07) is 6.03. The second kappa shape index (κ2) is 6.04. The van der Waals surface area contributed by atoms with Crippen LogP contribution in [0.15, 0.2) is 23.2 Å². The molecule has 6 heteroatoms. The zero-order valence-electron chi connectivity index (χ0n) is 13.4. The third kappa shape index (κ3) is 3.11. The summed E-state index contributed by atoms with van der Waals surface area (Å²) in [6.45, 7) is 5.76. The molecule has 0 aliphatic carbocycles. The molecule has 0 saturated carbocycles. The average Bonchev–Trinajstić information content (AvgIpc) is 2.93. The number of aliphatic imine (C=N–C) groups is 1. The summed E-state index contributed by atoms with van der Waals surface area (Å²) < 4.78 is 16.0. The molecule has 1 aromatic rings. The molecule has 0 unspecified atom stereocenters. The first kappa shape index (κ1) is 15.0. The number of hydrogen-bond acceptors (Lipinski definition) is 4. The molecule has 2 aliphatic rings. The van der Waals surface area contributed by atoms with Gasteiger partial charge < -0.3 is 24.4 Å². The van der Waals surface area contributed by atoms with E-state index in [2.05, 4.69) is 28.2 Å². The van der Waals surface area contributed by atoms with Crippen molar-refractivity contribution in [3.05, 3.63) is 23.8 Å². The number of fused-ring (bicyclic) bond motifs is 1. The van der Waals surface area contributed by atoms with Gasteiger partial charge in [0.2, 0.25) is 6.79 Å². The van der Waals surface area contributed by atoms with Crippen molar-refractivity contribution in [3.8, 4) is 11.5 Å². The number of guanidine groups is 1. The van der Waals surface area contributed by atoms with Crippen LogP contribution in [0.4, 0.5) is 0 Å². The maximum absolute atomic E-state index is 5.42. The monoisotopic (exact) mass is 305 g/mol. The second-order valence-electron chi connectivity index (χ2n) is 6.25. The average molecular weight is 305 g/mol. The molecular formula is C16H23N3O3. The second-order valence-corrected chi connectivity index (χ2v) is 6.25. The lowest BCUT2D eigenvalue weighted by Crippen LogP contribution is -2.51. The number of benzene rings is 1. The molecule has 0 atom stereocenters. The Morgan fingerprint density at radius 1 is 1.32 bits per heavy atom. The summed E-state index contributed by atoms with van der Waals surface area (Å²) in [5.74, 6) is 2.51. The summed E-state index contributed by atoms with van der Waals surface area (Å²) in [5.41, 5.74) is 1.38. The summed E-state index contributed by atoms with van der Waals surface area (Å²) in [7, 11) is 3.83. The fourth-order valence-electron chi connectivity index (χ4n) is 2.62. The molecule has 2 aliphatic heterocycles. The molecule has 22 heavy (non-hydrogen) atoms. The van der Waals surface area contributed by atoms with E-state index in [9.17, 15) is 0 Å². The van der Waals surface area contributed by atoms with Crippen molar-refractivity contribution in [2.75, 3.05) is 40.6 Å². The Morgan fingerprint density at radius 2 is 2.09 bits per heavy atom. The summed E-state index contributed by atoms with van der Waals surface area (Å²) in [6.07, 6.45) is 0. The maximum atomic E-state index is 5.42. The van der Waals surface area contributed by atoms with Gasteiger partial charge in [-0.2, -0.15) is 0 Å². The van der Waals surface area contributed by atoms with E-state index < -0.39 is 0 Å². The molecular weight excluding hydrogens is 282 g/mol. The van der Waals surface area contributed by atoms with Gasteiger partial charge in [-0.3, -0.25) is 4.99 Å². The Morgan fingerprint density at radius 3 is 2.77 bits per heavy atom. The molecule has 0 spiro atoms. The highest BCUT2D eigenvalue weighted by atomic mass is 16.7. The van der Waals surface area contributed by atoms with Crippen LogP contribution in [-0.4, -0.2) is 51.5 Å². The molecule has 0 bridgehead atoms. The Labute approximate surface area is 131 Å². The van der Waals surface area contributed by atoms with Crippen molar-refractivity contribution >= 4 is 5.96 Å². The predicted octanol–water partition coefficient (Wildman–Crippen LogP) is 1.46. The van der Waals surface area contributed by atoms with Crippen molar-refractivity contribution in [1.82, 2.24) is 10.2 Å².